The Morgan fingerprint density at radius 2 is 1.83 bits per heavy atom. The molecule has 0 spiro atoms. The molecule has 96 valence electrons. The Balaban J connectivity index is 2.62. The normalized spacial score (nSPS) is 15.0. The molecule has 1 aliphatic rings. The number of hydrogen-bond donors (Lipinski definition) is 1. The molecule has 1 aliphatic heterocycles. The topological polar surface area (TPSA) is 69.2 Å². The molecule has 6 heteroatoms. The van der Waals surface area contributed by atoms with E-state index in [-0.39, 0.29) is 17.0 Å². The smallest absolute Gasteiger partial charge is 0.331 e. The van der Waals surface area contributed by atoms with E-state index in [0.29, 0.717) is 12.1 Å². The van der Waals surface area contributed by atoms with E-state index in [2.05, 4.69) is 0 Å². The van der Waals surface area contributed by atoms with Gasteiger partial charge in [-0.3, -0.25) is 13.9 Å². The van der Waals surface area contributed by atoms with Crippen molar-refractivity contribution in [2.45, 2.75) is 25.8 Å². The molecule has 0 radical (unpaired) electrons. The van der Waals surface area contributed by atoms with E-state index in [4.69, 9.17) is 0 Å². The molecule has 0 fully saturated rings. The van der Waals surface area contributed by atoms with Gasteiger partial charge in [0.15, 0.2) is 0 Å². The molecule has 2 aromatic rings. The molecule has 0 amide bonds. The molecule has 3 rings (SSSR count). The first-order chi connectivity index (χ1) is 8.54. The van der Waals surface area contributed by atoms with Gasteiger partial charge in [0.05, 0.1) is 5.52 Å². The van der Waals surface area contributed by atoms with E-state index in [1.165, 1.54) is 11.6 Å². The second kappa shape index (κ2) is 3.51. The van der Waals surface area contributed by atoms with Gasteiger partial charge in [0, 0.05) is 26.3 Å². The summed E-state index contributed by atoms with van der Waals surface area (Å²) in [5.41, 5.74) is 0.699. The summed E-state index contributed by atoms with van der Waals surface area (Å²) in [5.74, 6) is -0.00380. The van der Waals surface area contributed by atoms with Crippen LogP contribution in [0.15, 0.2) is 9.59 Å². The molecule has 2 aromatic heterocycles. The number of aromatic nitrogens is 3. The lowest BCUT2D eigenvalue weighted by atomic mass is 10.1. The van der Waals surface area contributed by atoms with Gasteiger partial charge in [-0.1, -0.05) is 0 Å². The number of fused-ring (bicyclic) bond motifs is 3. The second-order valence-corrected chi connectivity index (χ2v) is 4.81. The van der Waals surface area contributed by atoms with E-state index in [1.807, 2.05) is 0 Å². The van der Waals surface area contributed by atoms with E-state index in [0.717, 1.165) is 29.5 Å². The van der Waals surface area contributed by atoms with Gasteiger partial charge < -0.3 is 9.67 Å². The van der Waals surface area contributed by atoms with Gasteiger partial charge >= 0.3 is 5.69 Å². The minimum atomic E-state index is -0.424. The molecular formula is C12H15N3O3. The standard InChI is InChI=1S/C12H15N3O3/c1-13-9-7-5-3-4-6-15(7)11(17)8(9)10(16)14(2)12(13)18/h17H,3-6H2,1-2H3. The van der Waals surface area contributed by atoms with Crippen LogP contribution in [-0.4, -0.2) is 18.8 Å². The third kappa shape index (κ3) is 1.17. The summed E-state index contributed by atoms with van der Waals surface area (Å²) in [6.07, 6.45) is 2.79. The monoisotopic (exact) mass is 249 g/mol. The summed E-state index contributed by atoms with van der Waals surface area (Å²) in [7, 11) is 3.07. The third-order valence-corrected chi connectivity index (χ3v) is 3.79. The summed E-state index contributed by atoms with van der Waals surface area (Å²) in [4.78, 5) is 24.0. The largest absolute Gasteiger partial charge is 0.494 e. The summed E-state index contributed by atoms with van der Waals surface area (Å²) < 4.78 is 4.25. The fraction of sp³-hybridized carbons (Fsp3) is 0.500. The second-order valence-electron chi connectivity index (χ2n) is 4.81. The van der Waals surface area contributed by atoms with Crippen LogP contribution in [0, 0.1) is 0 Å². The summed E-state index contributed by atoms with van der Waals surface area (Å²) in [6.45, 7) is 0.702. The number of hydrogen-bond acceptors (Lipinski definition) is 3. The third-order valence-electron chi connectivity index (χ3n) is 3.79. The highest BCUT2D eigenvalue weighted by molar-refractivity contribution is 5.87. The number of aromatic hydroxyl groups is 1. The predicted octanol–water partition coefficient (Wildman–Crippen LogP) is 0.0806. The fourth-order valence-electron chi connectivity index (χ4n) is 2.83. The van der Waals surface area contributed by atoms with Crippen molar-refractivity contribution in [2.75, 3.05) is 0 Å². The van der Waals surface area contributed by atoms with Crippen LogP contribution in [0.25, 0.3) is 10.9 Å². The van der Waals surface area contributed by atoms with Crippen LogP contribution < -0.4 is 11.2 Å². The molecule has 0 bridgehead atoms. The Kier molecular flexibility index (Phi) is 2.17. The number of aryl methyl sites for hydroxylation is 2. The van der Waals surface area contributed by atoms with Crippen LogP contribution in [0.5, 0.6) is 5.88 Å². The Bertz CT molecular complexity index is 764. The van der Waals surface area contributed by atoms with Crippen LogP contribution in [0.2, 0.25) is 0 Å². The number of nitrogens with zero attached hydrogens (tertiary/aromatic N) is 3. The molecule has 18 heavy (non-hydrogen) atoms. The van der Waals surface area contributed by atoms with Crippen molar-refractivity contribution in [1.82, 2.24) is 13.7 Å². The minimum Gasteiger partial charge on any atom is -0.494 e. The quantitative estimate of drug-likeness (QED) is 0.719. The van der Waals surface area contributed by atoms with Crippen molar-refractivity contribution in [2.24, 2.45) is 14.1 Å². The Labute approximate surface area is 103 Å². The van der Waals surface area contributed by atoms with E-state index in [9.17, 15) is 14.7 Å². The first-order valence-electron chi connectivity index (χ1n) is 6.04. The van der Waals surface area contributed by atoms with Crippen molar-refractivity contribution in [3.8, 4) is 5.88 Å². The summed E-state index contributed by atoms with van der Waals surface area (Å²) in [5, 5.41) is 10.5. The Morgan fingerprint density at radius 1 is 1.11 bits per heavy atom. The molecule has 6 nitrogen and oxygen atoms in total. The summed E-state index contributed by atoms with van der Waals surface area (Å²) >= 11 is 0. The van der Waals surface area contributed by atoms with Crippen molar-refractivity contribution in [3.63, 3.8) is 0 Å². The van der Waals surface area contributed by atoms with E-state index >= 15 is 0 Å². The molecule has 3 heterocycles. The molecule has 0 saturated heterocycles. The highest BCUT2D eigenvalue weighted by Crippen LogP contribution is 2.31. The highest BCUT2D eigenvalue weighted by atomic mass is 16.3. The maximum Gasteiger partial charge on any atom is 0.331 e. The highest BCUT2D eigenvalue weighted by Gasteiger charge is 2.24. The van der Waals surface area contributed by atoms with Crippen LogP contribution >= 0.6 is 0 Å². The van der Waals surface area contributed by atoms with Gasteiger partial charge in [0.25, 0.3) is 5.56 Å². The van der Waals surface area contributed by atoms with Crippen molar-refractivity contribution in [1.29, 1.82) is 0 Å². The lowest BCUT2D eigenvalue weighted by Gasteiger charge is -2.15. The zero-order chi connectivity index (χ0) is 13.0. The molecular weight excluding hydrogens is 234 g/mol. The lowest BCUT2D eigenvalue weighted by molar-refractivity contribution is 0.397. The van der Waals surface area contributed by atoms with Gasteiger partial charge in [0.2, 0.25) is 5.88 Å². The zero-order valence-electron chi connectivity index (χ0n) is 10.4. The lowest BCUT2D eigenvalue weighted by Crippen LogP contribution is -2.36. The van der Waals surface area contributed by atoms with Crippen molar-refractivity contribution in [3.05, 3.63) is 26.5 Å². The van der Waals surface area contributed by atoms with Gasteiger partial charge in [-0.25, -0.2) is 4.79 Å². The first kappa shape index (κ1) is 11.1. The zero-order valence-corrected chi connectivity index (χ0v) is 10.4. The average molecular weight is 249 g/mol. The van der Waals surface area contributed by atoms with Crippen molar-refractivity contribution < 1.29 is 5.11 Å². The van der Waals surface area contributed by atoms with Gasteiger partial charge in [-0.05, 0) is 19.3 Å². The van der Waals surface area contributed by atoms with E-state index in [1.54, 1.807) is 11.6 Å². The maximum atomic E-state index is 12.1. The van der Waals surface area contributed by atoms with Crippen LogP contribution in [-0.2, 0) is 27.1 Å². The molecule has 0 unspecified atom stereocenters. The van der Waals surface area contributed by atoms with Gasteiger partial charge in [-0.2, -0.15) is 0 Å². The molecule has 0 aliphatic carbocycles. The van der Waals surface area contributed by atoms with E-state index < -0.39 is 5.56 Å². The SMILES string of the molecule is Cn1c(=O)c2c(O)n3c(c2n(C)c1=O)CCCC3. The molecule has 0 saturated carbocycles. The van der Waals surface area contributed by atoms with Gasteiger partial charge in [-0.15, -0.1) is 0 Å². The molecule has 0 aromatic carbocycles. The Hall–Kier alpha value is -1.98. The predicted molar refractivity (Wildman–Crippen MR) is 67.0 cm³/mol. The summed E-state index contributed by atoms with van der Waals surface area (Å²) in [6, 6.07) is 0. The average Bonchev–Trinajstić information content (AvgIpc) is 2.68. The molecule has 1 N–H and O–H groups in total. The van der Waals surface area contributed by atoms with Gasteiger partial charge in [0.1, 0.15) is 5.39 Å². The van der Waals surface area contributed by atoms with Crippen molar-refractivity contribution >= 4 is 10.9 Å². The number of rotatable bonds is 0. The minimum absolute atomic E-state index is 0.00380. The van der Waals surface area contributed by atoms with Crippen LogP contribution in [0.1, 0.15) is 18.5 Å². The maximum absolute atomic E-state index is 12.1. The first-order valence-corrected chi connectivity index (χ1v) is 6.04. The Morgan fingerprint density at radius 3 is 2.56 bits per heavy atom. The fourth-order valence-corrected chi connectivity index (χ4v) is 2.83. The van der Waals surface area contributed by atoms with Crippen LogP contribution in [0.3, 0.4) is 0 Å². The molecule has 0 atom stereocenters. The van der Waals surface area contributed by atoms with Crippen LogP contribution in [0.4, 0.5) is 0 Å².